The highest BCUT2D eigenvalue weighted by atomic mass is 16.5. The Morgan fingerprint density at radius 2 is 1.88 bits per heavy atom. The first-order valence-electron chi connectivity index (χ1n) is 5.64. The van der Waals surface area contributed by atoms with Crippen LogP contribution in [0.3, 0.4) is 0 Å². The monoisotopic (exact) mass is 243 g/mol. The zero-order chi connectivity index (χ0) is 13.4. The molecule has 0 aliphatic rings. The normalized spacial score (nSPS) is 13.9. The highest BCUT2D eigenvalue weighted by Gasteiger charge is 2.16. The number of amides is 1. The molecule has 0 aliphatic heterocycles. The molecule has 0 aromatic rings. The van der Waals surface area contributed by atoms with Crippen LogP contribution in [0, 0.1) is 0 Å². The van der Waals surface area contributed by atoms with E-state index in [-0.39, 0.29) is 23.1 Å². The second kappa shape index (κ2) is 7.84. The molecule has 0 saturated carbocycles. The number of hydrogen-bond donors (Lipinski definition) is 2. The predicted octanol–water partition coefficient (Wildman–Crippen LogP) is 1.34. The van der Waals surface area contributed by atoms with Gasteiger partial charge in [-0.25, -0.2) is 4.79 Å². The first-order valence-corrected chi connectivity index (χ1v) is 5.64. The SMILES string of the molecule is CCCC(COC)NC(=O)C(C)=C(C)C(=O)O. The number of nitrogens with one attached hydrogen (secondary N) is 1. The van der Waals surface area contributed by atoms with Crippen LogP contribution in [0.1, 0.15) is 33.6 Å². The maximum absolute atomic E-state index is 11.8. The smallest absolute Gasteiger partial charge is 0.331 e. The van der Waals surface area contributed by atoms with Crippen molar-refractivity contribution in [1.29, 1.82) is 0 Å². The van der Waals surface area contributed by atoms with Crippen molar-refractivity contribution in [2.24, 2.45) is 0 Å². The van der Waals surface area contributed by atoms with E-state index in [1.807, 2.05) is 6.92 Å². The minimum Gasteiger partial charge on any atom is -0.478 e. The van der Waals surface area contributed by atoms with E-state index in [4.69, 9.17) is 9.84 Å². The highest BCUT2D eigenvalue weighted by Crippen LogP contribution is 2.05. The molecule has 98 valence electrons. The van der Waals surface area contributed by atoms with Crippen molar-refractivity contribution in [2.75, 3.05) is 13.7 Å². The van der Waals surface area contributed by atoms with Crippen LogP contribution in [-0.2, 0) is 14.3 Å². The number of ether oxygens (including phenoxy) is 1. The van der Waals surface area contributed by atoms with Gasteiger partial charge in [0.05, 0.1) is 12.6 Å². The molecule has 0 saturated heterocycles. The zero-order valence-corrected chi connectivity index (χ0v) is 10.9. The van der Waals surface area contributed by atoms with Crippen molar-refractivity contribution < 1.29 is 19.4 Å². The standard InChI is InChI=1S/C12H21NO4/c1-5-6-10(7-17-4)13-11(14)8(2)9(3)12(15)16/h10H,5-7H2,1-4H3,(H,13,14)(H,15,16). The summed E-state index contributed by atoms with van der Waals surface area (Å²) >= 11 is 0. The molecule has 5 heteroatoms. The highest BCUT2D eigenvalue weighted by molar-refractivity contribution is 6.01. The molecule has 0 aromatic heterocycles. The Morgan fingerprint density at radius 1 is 1.29 bits per heavy atom. The average molecular weight is 243 g/mol. The molecule has 17 heavy (non-hydrogen) atoms. The van der Waals surface area contributed by atoms with Gasteiger partial charge in [-0.2, -0.15) is 0 Å². The molecule has 0 aliphatic carbocycles. The fourth-order valence-electron chi connectivity index (χ4n) is 1.37. The summed E-state index contributed by atoms with van der Waals surface area (Å²) in [7, 11) is 1.57. The summed E-state index contributed by atoms with van der Waals surface area (Å²) < 4.78 is 5.00. The maximum atomic E-state index is 11.8. The minimum atomic E-state index is -1.07. The fraction of sp³-hybridized carbons (Fsp3) is 0.667. The number of methoxy groups -OCH3 is 1. The van der Waals surface area contributed by atoms with Crippen molar-refractivity contribution in [2.45, 2.75) is 39.7 Å². The number of aliphatic carboxylic acids is 1. The van der Waals surface area contributed by atoms with Gasteiger partial charge in [-0.15, -0.1) is 0 Å². The lowest BCUT2D eigenvalue weighted by atomic mass is 10.1. The number of hydrogen-bond acceptors (Lipinski definition) is 3. The lowest BCUT2D eigenvalue weighted by Crippen LogP contribution is -2.38. The van der Waals surface area contributed by atoms with Crippen molar-refractivity contribution >= 4 is 11.9 Å². The van der Waals surface area contributed by atoms with Gasteiger partial charge < -0.3 is 15.2 Å². The van der Waals surface area contributed by atoms with Gasteiger partial charge in [-0.05, 0) is 20.3 Å². The molecular formula is C12H21NO4. The lowest BCUT2D eigenvalue weighted by Gasteiger charge is -2.17. The Bertz CT molecular complexity index is 304. The molecule has 0 radical (unpaired) electrons. The number of carboxylic acids is 1. The van der Waals surface area contributed by atoms with Crippen LogP contribution < -0.4 is 5.32 Å². The molecule has 0 spiro atoms. The molecule has 5 nitrogen and oxygen atoms in total. The molecule has 0 fully saturated rings. The maximum Gasteiger partial charge on any atom is 0.331 e. The summed E-state index contributed by atoms with van der Waals surface area (Å²) in [5.74, 6) is -1.42. The van der Waals surface area contributed by atoms with E-state index in [0.717, 1.165) is 12.8 Å². The second-order valence-electron chi connectivity index (χ2n) is 3.97. The number of carbonyl (C=O) groups excluding carboxylic acids is 1. The van der Waals surface area contributed by atoms with Gasteiger partial charge in [0, 0.05) is 18.3 Å². The van der Waals surface area contributed by atoms with Crippen molar-refractivity contribution in [3.05, 3.63) is 11.1 Å². The molecule has 1 amide bonds. The first-order chi connectivity index (χ1) is 7.93. The summed E-state index contributed by atoms with van der Waals surface area (Å²) in [6, 6.07) is -0.0750. The number of carbonyl (C=O) groups is 2. The Morgan fingerprint density at radius 3 is 2.29 bits per heavy atom. The fourth-order valence-corrected chi connectivity index (χ4v) is 1.37. The third kappa shape index (κ3) is 5.49. The Labute approximate surface area is 102 Å². The van der Waals surface area contributed by atoms with Gasteiger partial charge in [-0.1, -0.05) is 13.3 Å². The molecule has 1 atom stereocenters. The topological polar surface area (TPSA) is 75.6 Å². The second-order valence-corrected chi connectivity index (χ2v) is 3.97. The third-order valence-corrected chi connectivity index (χ3v) is 2.56. The van der Waals surface area contributed by atoms with Crippen LogP contribution in [-0.4, -0.2) is 36.7 Å². The molecule has 1 unspecified atom stereocenters. The summed E-state index contributed by atoms with van der Waals surface area (Å²) in [5.41, 5.74) is 0.296. The van der Waals surface area contributed by atoms with Crippen molar-refractivity contribution in [3.63, 3.8) is 0 Å². The van der Waals surface area contributed by atoms with Crippen LogP contribution >= 0.6 is 0 Å². The summed E-state index contributed by atoms with van der Waals surface area (Å²) in [4.78, 5) is 22.5. The molecule has 0 bridgehead atoms. The van der Waals surface area contributed by atoms with E-state index in [1.165, 1.54) is 13.8 Å². The summed E-state index contributed by atoms with van der Waals surface area (Å²) in [6.07, 6.45) is 1.73. The van der Waals surface area contributed by atoms with E-state index < -0.39 is 5.97 Å². The first kappa shape index (κ1) is 15.6. The van der Waals surface area contributed by atoms with Gasteiger partial charge in [-0.3, -0.25) is 4.79 Å². The Kier molecular flexibility index (Phi) is 7.21. The van der Waals surface area contributed by atoms with Crippen LogP contribution in [0.2, 0.25) is 0 Å². The molecular weight excluding hydrogens is 222 g/mol. The molecule has 0 aromatic carbocycles. The van der Waals surface area contributed by atoms with Gasteiger partial charge in [0.1, 0.15) is 0 Å². The summed E-state index contributed by atoms with van der Waals surface area (Å²) in [6.45, 7) is 5.37. The van der Waals surface area contributed by atoms with E-state index in [2.05, 4.69) is 5.32 Å². The van der Waals surface area contributed by atoms with Gasteiger partial charge in [0.2, 0.25) is 5.91 Å². The quantitative estimate of drug-likeness (QED) is 0.662. The van der Waals surface area contributed by atoms with Crippen LogP contribution in [0.5, 0.6) is 0 Å². The minimum absolute atomic E-state index is 0.0650. The molecule has 2 N–H and O–H groups in total. The molecule has 0 heterocycles. The van der Waals surface area contributed by atoms with Crippen molar-refractivity contribution in [1.82, 2.24) is 5.32 Å². The van der Waals surface area contributed by atoms with Crippen LogP contribution in [0.25, 0.3) is 0 Å². The van der Waals surface area contributed by atoms with E-state index in [0.29, 0.717) is 6.61 Å². The van der Waals surface area contributed by atoms with E-state index >= 15 is 0 Å². The lowest BCUT2D eigenvalue weighted by molar-refractivity contribution is -0.133. The number of carboxylic acid groups (broad SMARTS) is 1. The van der Waals surface area contributed by atoms with Gasteiger partial charge in [0.25, 0.3) is 0 Å². The Balaban J connectivity index is 4.60. The van der Waals surface area contributed by atoms with Crippen LogP contribution in [0.15, 0.2) is 11.1 Å². The third-order valence-electron chi connectivity index (χ3n) is 2.56. The number of rotatable bonds is 7. The van der Waals surface area contributed by atoms with Gasteiger partial charge >= 0.3 is 5.97 Å². The zero-order valence-electron chi connectivity index (χ0n) is 10.9. The van der Waals surface area contributed by atoms with E-state index in [9.17, 15) is 9.59 Å². The largest absolute Gasteiger partial charge is 0.478 e. The van der Waals surface area contributed by atoms with E-state index in [1.54, 1.807) is 7.11 Å². The van der Waals surface area contributed by atoms with Crippen molar-refractivity contribution in [3.8, 4) is 0 Å². The summed E-state index contributed by atoms with van der Waals surface area (Å²) in [5, 5.41) is 11.5. The average Bonchev–Trinajstić information content (AvgIpc) is 2.27. The van der Waals surface area contributed by atoms with Gasteiger partial charge in [0.15, 0.2) is 0 Å². The Hall–Kier alpha value is -1.36. The molecule has 0 rings (SSSR count). The predicted molar refractivity (Wildman–Crippen MR) is 64.7 cm³/mol. The van der Waals surface area contributed by atoms with Crippen LogP contribution in [0.4, 0.5) is 0 Å².